The molecule has 0 aromatic carbocycles. The number of piperazine rings is 1. The molecule has 2 heterocycles. The first-order valence-electron chi connectivity index (χ1n) is 9.35. The van der Waals surface area contributed by atoms with Gasteiger partial charge in [0.1, 0.15) is 12.4 Å². The van der Waals surface area contributed by atoms with Crippen LogP contribution in [0.15, 0.2) is 10.5 Å². The molecule has 25 heavy (non-hydrogen) atoms. The molecular formula is C19H28N2O4. The normalized spacial score (nSPS) is 19.3. The largest absolute Gasteiger partial charge is 0.453 e. The molecule has 1 saturated carbocycles. The minimum atomic E-state index is -0.211. The number of carbonyl (C=O) groups is 2. The van der Waals surface area contributed by atoms with E-state index in [1.807, 2.05) is 4.90 Å². The van der Waals surface area contributed by atoms with E-state index in [1.165, 1.54) is 32.1 Å². The molecule has 1 aromatic rings. The Morgan fingerprint density at radius 3 is 2.36 bits per heavy atom. The number of aliphatic hydroxyl groups excluding tert-OH is 1. The molecule has 0 spiro atoms. The zero-order valence-corrected chi connectivity index (χ0v) is 15.0. The third-order valence-corrected chi connectivity index (χ3v) is 5.43. The number of nitrogens with zero attached hydrogens (tertiary/aromatic N) is 2. The van der Waals surface area contributed by atoms with Crippen LogP contribution in [-0.4, -0.2) is 52.9 Å². The standard InChI is InChI=1S/C19H28N2O4/c1-14-11-16(13-22)25-18(14)19(24)21-9-7-20(8-10-21)17(23)12-15-5-3-2-4-6-15/h11,15,22H,2-10,12-13H2,1H3. The summed E-state index contributed by atoms with van der Waals surface area (Å²) < 4.78 is 5.43. The van der Waals surface area contributed by atoms with Crippen molar-refractivity contribution < 1.29 is 19.1 Å². The average Bonchev–Trinajstić information content (AvgIpc) is 3.03. The minimum absolute atomic E-state index is 0.156. The molecule has 0 unspecified atom stereocenters. The molecule has 0 bridgehead atoms. The van der Waals surface area contributed by atoms with Gasteiger partial charge in [-0.15, -0.1) is 0 Å². The van der Waals surface area contributed by atoms with Crippen LogP contribution in [0.4, 0.5) is 0 Å². The summed E-state index contributed by atoms with van der Waals surface area (Å²) in [6.07, 6.45) is 6.81. The highest BCUT2D eigenvalue weighted by molar-refractivity contribution is 5.93. The third kappa shape index (κ3) is 4.24. The highest BCUT2D eigenvalue weighted by Gasteiger charge is 2.28. The fourth-order valence-electron chi connectivity index (χ4n) is 3.91. The molecule has 2 fully saturated rings. The van der Waals surface area contributed by atoms with Crippen molar-refractivity contribution in [1.29, 1.82) is 0 Å². The minimum Gasteiger partial charge on any atom is -0.453 e. The second-order valence-corrected chi connectivity index (χ2v) is 7.26. The molecule has 2 amide bonds. The molecule has 1 aliphatic heterocycles. The van der Waals surface area contributed by atoms with Crippen LogP contribution in [0.1, 0.15) is 60.4 Å². The molecule has 2 aliphatic rings. The summed E-state index contributed by atoms with van der Waals surface area (Å²) in [6.45, 7) is 3.83. The van der Waals surface area contributed by atoms with Gasteiger partial charge in [-0.25, -0.2) is 0 Å². The van der Waals surface area contributed by atoms with E-state index >= 15 is 0 Å². The van der Waals surface area contributed by atoms with Crippen LogP contribution in [-0.2, 0) is 11.4 Å². The van der Waals surface area contributed by atoms with E-state index in [0.717, 1.165) is 5.56 Å². The number of rotatable bonds is 4. The fourth-order valence-corrected chi connectivity index (χ4v) is 3.91. The zero-order valence-electron chi connectivity index (χ0n) is 15.0. The van der Waals surface area contributed by atoms with E-state index in [0.29, 0.717) is 50.0 Å². The summed E-state index contributed by atoms with van der Waals surface area (Å²) in [6, 6.07) is 1.69. The summed E-state index contributed by atoms with van der Waals surface area (Å²) in [5.41, 5.74) is 0.741. The molecule has 1 saturated heterocycles. The maximum Gasteiger partial charge on any atom is 0.289 e. The van der Waals surface area contributed by atoms with Gasteiger partial charge < -0.3 is 19.3 Å². The van der Waals surface area contributed by atoms with Crippen molar-refractivity contribution in [2.75, 3.05) is 26.2 Å². The smallest absolute Gasteiger partial charge is 0.289 e. The molecule has 1 aliphatic carbocycles. The lowest BCUT2D eigenvalue weighted by atomic mass is 9.86. The SMILES string of the molecule is Cc1cc(CO)oc1C(=O)N1CCN(C(=O)CC2CCCCC2)CC1. The van der Waals surface area contributed by atoms with E-state index in [9.17, 15) is 9.59 Å². The Bertz CT molecular complexity index is 611. The fraction of sp³-hybridized carbons (Fsp3) is 0.684. The topological polar surface area (TPSA) is 74.0 Å². The maximum absolute atomic E-state index is 12.6. The predicted molar refractivity (Wildman–Crippen MR) is 93.0 cm³/mol. The summed E-state index contributed by atoms with van der Waals surface area (Å²) in [7, 11) is 0. The van der Waals surface area contributed by atoms with Gasteiger partial charge in [0.2, 0.25) is 5.91 Å². The molecule has 0 radical (unpaired) electrons. The summed E-state index contributed by atoms with van der Waals surface area (Å²) >= 11 is 0. The van der Waals surface area contributed by atoms with Crippen molar-refractivity contribution in [3.05, 3.63) is 23.2 Å². The van der Waals surface area contributed by atoms with Crippen LogP contribution in [0.5, 0.6) is 0 Å². The predicted octanol–water partition coefficient (Wildman–Crippen LogP) is 2.34. The number of carbonyl (C=O) groups excluding carboxylic acids is 2. The summed E-state index contributed by atoms with van der Waals surface area (Å²) in [4.78, 5) is 28.7. The van der Waals surface area contributed by atoms with Crippen molar-refractivity contribution in [2.45, 2.75) is 52.1 Å². The van der Waals surface area contributed by atoms with Crippen molar-refractivity contribution in [3.8, 4) is 0 Å². The van der Waals surface area contributed by atoms with Crippen molar-refractivity contribution >= 4 is 11.8 Å². The molecule has 1 aromatic heterocycles. The molecule has 0 atom stereocenters. The summed E-state index contributed by atoms with van der Waals surface area (Å²) in [5, 5.41) is 9.14. The van der Waals surface area contributed by atoms with Crippen molar-refractivity contribution in [1.82, 2.24) is 9.80 Å². The van der Waals surface area contributed by atoms with Gasteiger partial charge in [-0.2, -0.15) is 0 Å². The van der Waals surface area contributed by atoms with Gasteiger partial charge in [0.05, 0.1) is 0 Å². The van der Waals surface area contributed by atoms with Crippen LogP contribution < -0.4 is 0 Å². The van der Waals surface area contributed by atoms with Gasteiger partial charge in [0, 0.05) is 38.2 Å². The average molecular weight is 348 g/mol. The Hall–Kier alpha value is -1.82. The summed E-state index contributed by atoms with van der Waals surface area (Å²) in [5.74, 6) is 1.32. The second-order valence-electron chi connectivity index (χ2n) is 7.26. The van der Waals surface area contributed by atoms with Crippen LogP contribution in [0.2, 0.25) is 0 Å². The Morgan fingerprint density at radius 1 is 1.12 bits per heavy atom. The van der Waals surface area contributed by atoms with Gasteiger partial charge in [-0.05, 0) is 31.7 Å². The Morgan fingerprint density at radius 2 is 1.76 bits per heavy atom. The molecule has 6 nitrogen and oxygen atoms in total. The second kappa shape index (κ2) is 8.04. The van der Waals surface area contributed by atoms with Crippen LogP contribution >= 0.6 is 0 Å². The Labute approximate surface area is 148 Å². The van der Waals surface area contributed by atoms with E-state index in [1.54, 1.807) is 17.9 Å². The van der Waals surface area contributed by atoms with Gasteiger partial charge in [-0.3, -0.25) is 9.59 Å². The molecule has 138 valence electrons. The number of aliphatic hydroxyl groups is 1. The highest BCUT2D eigenvalue weighted by Crippen LogP contribution is 2.27. The first kappa shape index (κ1) is 18.0. The van der Waals surface area contributed by atoms with E-state index in [2.05, 4.69) is 0 Å². The highest BCUT2D eigenvalue weighted by atomic mass is 16.4. The lowest BCUT2D eigenvalue weighted by Crippen LogP contribution is -2.50. The lowest BCUT2D eigenvalue weighted by Gasteiger charge is -2.35. The quantitative estimate of drug-likeness (QED) is 0.906. The first-order valence-corrected chi connectivity index (χ1v) is 9.35. The number of aryl methyl sites for hydroxylation is 1. The van der Waals surface area contributed by atoms with Crippen LogP contribution in [0.25, 0.3) is 0 Å². The number of furan rings is 1. The number of hydrogen-bond donors (Lipinski definition) is 1. The monoisotopic (exact) mass is 348 g/mol. The Kier molecular flexibility index (Phi) is 5.78. The Balaban J connectivity index is 1.51. The molecule has 6 heteroatoms. The van der Waals surface area contributed by atoms with E-state index < -0.39 is 0 Å². The van der Waals surface area contributed by atoms with Gasteiger partial charge in [-0.1, -0.05) is 19.3 Å². The number of amides is 2. The van der Waals surface area contributed by atoms with E-state index in [-0.39, 0.29) is 18.4 Å². The van der Waals surface area contributed by atoms with Gasteiger partial charge in [0.15, 0.2) is 5.76 Å². The zero-order chi connectivity index (χ0) is 17.8. The molecule has 3 rings (SSSR count). The molecular weight excluding hydrogens is 320 g/mol. The third-order valence-electron chi connectivity index (χ3n) is 5.43. The van der Waals surface area contributed by atoms with Crippen LogP contribution in [0, 0.1) is 12.8 Å². The van der Waals surface area contributed by atoms with Crippen molar-refractivity contribution in [3.63, 3.8) is 0 Å². The molecule has 1 N–H and O–H groups in total. The number of hydrogen-bond acceptors (Lipinski definition) is 4. The van der Waals surface area contributed by atoms with Crippen LogP contribution in [0.3, 0.4) is 0 Å². The first-order chi connectivity index (χ1) is 12.1. The maximum atomic E-state index is 12.6. The van der Waals surface area contributed by atoms with Gasteiger partial charge >= 0.3 is 0 Å². The van der Waals surface area contributed by atoms with Crippen molar-refractivity contribution in [2.24, 2.45) is 5.92 Å². The van der Waals surface area contributed by atoms with Gasteiger partial charge in [0.25, 0.3) is 5.91 Å². The lowest BCUT2D eigenvalue weighted by molar-refractivity contribution is -0.133. The van der Waals surface area contributed by atoms with E-state index in [4.69, 9.17) is 9.52 Å².